The van der Waals surface area contributed by atoms with E-state index in [-0.39, 0.29) is 18.6 Å². The predicted molar refractivity (Wildman–Crippen MR) is 66.5 cm³/mol. The van der Waals surface area contributed by atoms with Gasteiger partial charge in [-0.3, -0.25) is 9.78 Å². The van der Waals surface area contributed by atoms with Crippen LogP contribution in [-0.2, 0) is 9.53 Å². The van der Waals surface area contributed by atoms with Crippen molar-refractivity contribution in [3.8, 4) is 0 Å². The molecule has 0 spiro atoms. The number of hydrogen-bond donors (Lipinski definition) is 1. The lowest BCUT2D eigenvalue weighted by molar-refractivity contribution is -0.142. The fourth-order valence-electron chi connectivity index (χ4n) is 1.37. The second kappa shape index (κ2) is 7.79. The number of unbranched alkanes of at least 4 members (excludes halogenated alkanes) is 1. The highest BCUT2D eigenvalue weighted by Gasteiger charge is 2.07. The van der Waals surface area contributed by atoms with E-state index >= 15 is 0 Å². The van der Waals surface area contributed by atoms with Crippen LogP contribution in [0.2, 0.25) is 0 Å². The van der Waals surface area contributed by atoms with Gasteiger partial charge >= 0.3 is 5.97 Å². The van der Waals surface area contributed by atoms with E-state index in [1.165, 1.54) is 0 Å². The molecular weight excluding hydrogens is 216 g/mol. The van der Waals surface area contributed by atoms with E-state index < -0.39 is 0 Å². The molecule has 94 valence electrons. The predicted octanol–water partition coefficient (Wildman–Crippen LogP) is 2.08. The highest BCUT2D eigenvalue weighted by Crippen LogP contribution is 2.08. The van der Waals surface area contributed by atoms with Gasteiger partial charge in [0.05, 0.1) is 13.2 Å². The molecule has 0 radical (unpaired) electrons. The second-order valence-corrected chi connectivity index (χ2v) is 3.96. The maximum absolute atomic E-state index is 11.4. The van der Waals surface area contributed by atoms with Gasteiger partial charge in [0.1, 0.15) is 0 Å². The molecule has 1 aromatic heterocycles. The Kier molecular flexibility index (Phi) is 6.25. The Balaban J connectivity index is 2.24. The summed E-state index contributed by atoms with van der Waals surface area (Å²) in [6.07, 6.45) is 5.48. The fourth-order valence-corrected chi connectivity index (χ4v) is 1.37. The highest BCUT2D eigenvalue weighted by atomic mass is 16.5. The molecule has 0 bridgehead atoms. The molecule has 0 aromatic carbocycles. The van der Waals surface area contributed by atoms with Crippen molar-refractivity contribution in [3.05, 3.63) is 30.1 Å². The Morgan fingerprint density at radius 1 is 1.59 bits per heavy atom. The third-order valence-electron chi connectivity index (χ3n) is 2.50. The Hall–Kier alpha value is -1.42. The van der Waals surface area contributed by atoms with Crippen molar-refractivity contribution in [2.24, 2.45) is 0 Å². The summed E-state index contributed by atoms with van der Waals surface area (Å²) in [5, 5.41) is 3.11. The largest absolute Gasteiger partial charge is 0.465 e. The first-order chi connectivity index (χ1) is 8.24. The van der Waals surface area contributed by atoms with E-state index in [9.17, 15) is 4.79 Å². The first kappa shape index (κ1) is 13.6. The van der Waals surface area contributed by atoms with Crippen molar-refractivity contribution >= 4 is 5.97 Å². The van der Waals surface area contributed by atoms with E-state index in [0.29, 0.717) is 6.61 Å². The van der Waals surface area contributed by atoms with Gasteiger partial charge in [-0.2, -0.15) is 0 Å². The Morgan fingerprint density at radius 2 is 2.41 bits per heavy atom. The van der Waals surface area contributed by atoms with Crippen molar-refractivity contribution in [3.63, 3.8) is 0 Å². The molecule has 1 heterocycles. The van der Waals surface area contributed by atoms with Crippen LogP contribution >= 0.6 is 0 Å². The molecule has 0 saturated carbocycles. The number of carbonyl (C=O) groups excluding carboxylic acids is 1. The minimum atomic E-state index is -0.200. The fraction of sp³-hybridized carbons (Fsp3) is 0.538. The van der Waals surface area contributed by atoms with Crippen LogP contribution in [0.3, 0.4) is 0 Å². The normalized spacial score (nSPS) is 12.1. The van der Waals surface area contributed by atoms with Gasteiger partial charge in [-0.05, 0) is 25.0 Å². The molecule has 0 aliphatic rings. The molecule has 0 amide bonds. The number of carbonyl (C=O) groups is 1. The van der Waals surface area contributed by atoms with Crippen molar-refractivity contribution in [2.75, 3.05) is 13.2 Å². The number of pyridine rings is 1. The molecule has 4 heteroatoms. The van der Waals surface area contributed by atoms with Crippen LogP contribution in [-0.4, -0.2) is 24.1 Å². The van der Waals surface area contributed by atoms with Gasteiger partial charge in [-0.1, -0.05) is 19.4 Å². The molecule has 0 saturated heterocycles. The van der Waals surface area contributed by atoms with E-state index in [0.717, 1.165) is 18.4 Å². The van der Waals surface area contributed by atoms with Crippen LogP contribution < -0.4 is 5.32 Å². The van der Waals surface area contributed by atoms with E-state index in [1.807, 2.05) is 19.1 Å². The highest BCUT2D eigenvalue weighted by molar-refractivity contribution is 5.71. The van der Waals surface area contributed by atoms with Gasteiger partial charge in [0.25, 0.3) is 0 Å². The minimum Gasteiger partial charge on any atom is -0.465 e. The van der Waals surface area contributed by atoms with E-state index in [1.54, 1.807) is 12.4 Å². The Bertz CT molecular complexity index is 327. The van der Waals surface area contributed by atoms with Crippen molar-refractivity contribution < 1.29 is 9.53 Å². The average Bonchev–Trinajstić information content (AvgIpc) is 2.37. The zero-order valence-electron chi connectivity index (χ0n) is 10.5. The van der Waals surface area contributed by atoms with Crippen LogP contribution in [0.4, 0.5) is 0 Å². The van der Waals surface area contributed by atoms with Gasteiger partial charge in [-0.15, -0.1) is 0 Å². The lowest BCUT2D eigenvalue weighted by Gasteiger charge is -2.13. The number of ether oxygens (including phenoxy) is 1. The summed E-state index contributed by atoms with van der Waals surface area (Å²) < 4.78 is 5.05. The number of nitrogens with one attached hydrogen (secondary N) is 1. The lowest BCUT2D eigenvalue weighted by Crippen LogP contribution is -2.27. The molecule has 1 N–H and O–H groups in total. The Labute approximate surface area is 102 Å². The standard InChI is InChI=1S/C13H20N2O2/c1-3-4-8-17-13(16)10-15-11(2)12-6-5-7-14-9-12/h5-7,9,11,15H,3-4,8,10H2,1-2H3/t11-/m1/s1. The summed E-state index contributed by atoms with van der Waals surface area (Å²) in [7, 11) is 0. The maximum Gasteiger partial charge on any atom is 0.319 e. The smallest absolute Gasteiger partial charge is 0.319 e. The van der Waals surface area contributed by atoms with Crippen molar-refractivity contribution in [1.29, 1.82) is 0 Å². The van der Waals surface area contributed by atoms with Crippen LogP contribution in [0.1, 0.15) is 38.3 Å². The minimum absolute atomic E-state index is 0.0995. The van der Waals surface area contributed by atoms with Gasteiger partial charge in [0.15, 0.2) is 0 Å². The molecule has 0 unspecified atom stereocenters. The molecule has 1 atom stereocenters. The number of aromatic nitrogens is 1. The summed E-state index contributed by atoms with van der Waals surface area (Å²) in [6.45, 7) is 4.81. The first-order valence-corrected chi connectivity index (χ1v) is 6.03. The topological polar surface area (TPSA) is 51.2 Å². The van der Waals surface area contributed by atoms with Crippen LogP contribution in [0.15, 0.2) is 24.5 Å². The Morgan fingerprint density at radius 3 is 3.06 bits per heavy atom. The number of hydrogen-bond acceptors (Lipinski definition) is 4. The van der Waals surface area contributed by atoms with Gasteiger partial charge in [-0.25, -0.2) is 0 Å². The SMILES string of the molecule is CCCCOC(=O)CN[C@H](C)c1cccnc1. The monoisotopic (exact) mass is 236 g/mol. The van der Waals surface area contributed by atoms with Crippen LogP contribution in [0, 0.1) is 0 Å². The summed E-state index contributed by atoms with van der Waals surface area (Å²) in [5.41, 5.74) is 1.06. The molecule has 0 aliphatic carbocycles. The molecule has 1 rings (SSSR count). The molecule has 0 fully saturated rings. The molecular formula is C13H20N2O2. The average molecular weight is 236 g/mol. The maximum atomic E-state index is 11.4. The van der Waals surface area contributed by atoms with Gasteiger partial charge in [0, 0.05) is 18.4 Å². The third kappa shape index (κ3) is 5.45. The van der Waals surface area contributed by atoms with E-state index in [2.05, 4.69) is 17.2 Å². The van der Waals surface area contributed by atoms with Crippen molar-refractivity contribution in [1.82, 2.24) is 10.3 Å². The zero-order valence-corrected chi connectivity index (χ0v) is 10.5. The summed E-state index contributed by atoms with van der Waals surface area (Å²) in [4.78, 5) is 15.4. The van der Waals surface area contributed by atoms with Gasteiger partial charge < -0.3 is 10.1 Å². The quantitative estimate of drug-likeness (QED) is 0.581. The van der Waals surface area contributed by atoms with Crippen LogP contribution in [0.5, 0.6) is 0 Å². The van der Waals surface area contributed by atoms with Gasteiger partial charge in [0.2, 0.25) is 0 Å². The summed E-state index contributed by atoms with van der Waals surface area (Å²) in [5.74, 6) is -0.200. The summed E-state index contributed by atoms with van der Waals surface area (Å²) >= 11 is 0. The third-order valence-corrected chi connectivity index (χ3v) is 2.50. The van der Waals surface area contributed by atoms with E-state index in [4.69, 9.17) is 4.74 Å². The molecule has 17 heavy (non-hydrogen) atoms. The van der Waals surface area contributed by atoms with Crippen LogP contribution in [0.25, 0.3) is 0 Å². The lowest BCUT2D eigenvalue weighted by atomic mass is 10.1. The number of esters is 1. The molecule has 0 aliphatic heterocycles. The van der Waals surface area contributed by atoms with Crippen molar-refractivity contribution in [2.45, 2.75) is 32.7 Å². The molecule has 4 nitrogen and oxygen atoms in total. The zero-order chi connectivity index (χ0) is 12.5. The summed E-state index contributed by atoms with van der Waals surface area (Å²) in [6, 6.07) is 3.96. The molecule has 1 aromatic rings. The number of rotatable bonds is 7. The second-order valence-electron chi connectivity index (χ2n) is 3.96. The number of nitrogens with zero attached hydrogens (tertiary/aromatic N) is 1. The first-order valence-electron chi connectivity index (χ1n) is 6.03.